The van der Waals surface area contributed by atoms with Gasteiger partial charge in [-0.05, 0) is 18.6 Å². The highest BCUT2D eigenvalue weighted by molar-refractivity contribution is 9.10. The minimum absolute atomic E-state index is 0.144. The molecular formula is C10H9BrF2O2. The summed E-state index contributed by atoms with van der Waals surface area (Å²) in [6, 6.07) is 2.12. The van der Waals surface area contributed by atoms with Crippen LogP contribution in [-0.4, -0.2) is 11.1 Å². The van der Waals surface area contributed by atoms with Gasteiger partial charge in [-0.25, -0.2) is 8.78 Å². The lowest BCUT2D eigenvalue weighted by Gasteiger charge is -2.12. The van der Waals surface area contributed by atoms with E-state index in [1.54, 1.807) is 6.92 Å². The lowest BCUT2D eigenvalue weighted by atomic mass is 9.95. The summed E-state index contributed by atoms with van der Waals surface area (Å²) in [6.07, 6.45) is 0.144. The van der Waals surface area contributed by atoms with Crippen molar-refractivity contribution in [1.29, 1.82) is 0 Å². The molecule has 0 aliphatic rings. The van der Waals surface area contributed by atoms with E-state index >= 15 is 0 Å². The lowest BCUT2D eigenvalue weighted by molar-refractivity contribution is -0.139. The second-order valence-corrected chi connectivity index (χ2v) is 4.00. The molecule has 0 saturated carbocycles. The van der Waals surface area contributed by atoms with E-state index in [4.69, 9.17) is 5.11 Å². The number of carboxylic acid groups (broad SMARTS) is 1. The van der Waals surface area contributed by atoms with E-state index in [1.807, 2.05) is 0 Å². The van der Waals surface area contributed by atoms with Crippen LogP contribution in [0.25, 0.3) is 0 Å². The smallest absolute Gasteiger partial charge is 0.311 e. The highest BCUT2D eigenvalue weighted by atomic mass is 79.9. The maximum atomic E-state index is 13.4. The molecule has 0 aromatic heterocycles. The molecule has 0 saturated heterocycles. The van der Waals surface area contributed by atoms with Gasteiger partial charge in [-0.3, -0.25) is 4.79 Å². The van der Waals surface area contributed by atoms with Crippen LogP contribution in [0, 0.1) is 11.6 Å². The summed E-state index contributed by atoms with van der Waals surface area (Å²) >= 11 is 2.93. The number of benzene rings is 1. The Hall–Kier alpha value is -0.970. The Morgan fingerprint density at radius 2 is 1.93 bits per heavy atom. The summed E-state index contributed by atoms with van der Waals surface area (Å²) in [6.45, 7) is 1.57. The molecule has 0 radical (unpaired) electrons. The maximum absolute atomic E-state index is 13.4. The van der Waals surface area contributed by atoms with Gasteiger partial charge < -0.3 is 5.11 Å². The van der Waals surface area contributed by atoms with Crippen molar-refractivity contribution in [2.75, 3.05) is 0 Å². The number of aliphatic carboxylic acids is 1. The van der Waals surface area contributed by atoms with E-state index in [0.717, 1.165) is 12.1 Å². The van der Waals surface area contributed by atoms with Gasteiger partial charge in [0, 0.05) is 10.0 Å². The lowest BCUT2D eigenvalue weighted by Crippen LogP contribution is -2.14. The minimum atomic E-state index is -1.22. The molecule has 0 aliphatic carbocycles. The summed E-state index contributed by atoms with van der Waals surface area (Å²) in [7, 11) is 0. The molecule has 1 unspecified atom stereocenters. The van der Waals surface area contributed by atoms with Crippen molar-refractivity contribution in [1.82, 2.24) is 0 Å². The first-order chi connectivity index (χ1) is 6.97. The van der Waals surface area contributed by atoms with Gasteiger partial charge in [0.05, 0.1) is 5.92 Å². The first kappa shape index (κ1) is 12.1. The minimum Gasteiger partial charge on any atom is -0.481 e. The Morgan fingerprint density at radius 3 is 2.27 bits per heavy atom. The molecule has 1 aromatic rings. The van der Waals surface area contributed by atoms with Gasteiger partial charge in [-0.15, -0.1) is 0 Å². The van der Waals surface area contributed by atoms with Gasteiger partial charge >= 0.3 is 5.97 Å². The fourth-order valence-corrected chi connectivity index (χ4v) is 1.79. The van der Waals surface area contributed by atoms with Gasteiger partial charge in [0.1, 0.15) is 11.6 Å². The van der Waals surface area contributed by atoms with Crippen LogP contribution in [0.4, 0.5) is 8.78 Å². The van der Waals surface area contributed by atoms with Gasteiger partial charge in [-0.1, -0.05) is 22.9 Å². The predicted octanol–water partition coefficient (Wildman–Crippen LogP) is 3.31. The topological polar surface area (TPSA) is 37.3 Å². The Morgan fingerprint density at radius 1 is 1.47 bits per heavy atom. The van der Waals surface area contributed by atoms with Crippen LogP contribution in [0.3, 0.4) is 0 Å². The number of carbonyl (C=O) groups is 1. The van der Waals surface area contributed by atoms with Gasteiger partial charge in [0.2, 0.25) is 0 Å². The molecule has 5 heteroatoms. The third kappa shape index (κ3) is 2.53. The van der Waals surface area contributed by atoms with Crippen molar-refractivity contribution >= 4 is 21.9 Å². The molecule has 0 bridgehead atoms. The fourth-order valence-electron chi connectivity index (χ4n) is 1.39. The van der Waals surface area contributed by atoms with Crippen molar-refractivity contribution in [3.8, 4) is 0 Å². The Balaban J connectivity index is 3.29. The molecule has 0 fully saturated rings. The predicted molar refractivity (Wildman–Crippen MR) is 54.7 cm³/mol. The van der Waals surface area contributed by atoms with Crippen LogP contribution in [0.2, 0.25) is 0 Å². The highest BCUT2D eigenvalue weighted by Crippen LogP contribution is 2.28. The molecule has 1 atom stereocenters. The summed E-state index contributed by atoms with van der Waals surface area (Å²) in [5.74, 6) is -4.04. The molecule has 2 nitrogen and oxygen atoms in total. The first-order valence-corrected chi connectivity index (χ1v) is 5.14. The van der Waals surface area contributed by atoms with Gasteiger partial charge in [0.25, 0.3) is 0 Å². The largest absolute Gasteiger partial charge is 0.481 e. The van der Waals surface area contributed by atoms with Crippen LogP contribution in [-0.2, 0) is 4.79 Å². The fraction of sp³-hybridized carbons (Fsp3) is 0.300. The zero-order chi connectivity index (χ0) is 11.6. The van der Waals surface area contributed by atoms with Gasteiger partial charge in [0.15, 0.2) is 0 Å². The zero-order valence-electron chi connectivity index (χ0n) is 7.93. The van der Waals surface area contributed by atoms with Crippen molar-refractivity contribution in [3.05, 3.63) is 33.8 Å². The summed E-state index contributed by atoms with van der Waals surface area (Å²) in [4.78, 5) is 10.8. The maximum Gasteiger partial charge on any atom is 0.311 e. The van der Waals surface area contributed by atoms with E-state index < -0.39 is 23.5 Å². The van der Waals surface area contributed by atoms with E-state index in [-0.39, 0.29) is 16.5 Å². The van der Waals surface area contributed by atoms with E-state index in [1.165, 1.54) is 0 Å². The molecule has 0 heterocycles. The molecule has 0 amide bonds. The summed E-state index contributed by atoms with van der Waals surface area (Å²) < 4.78 is 27.0. The van der Waals surface area contributed by atoms with Crippen molar-refractivity contribution in [2.45, 2.75) is 19.3 Å². The van der Waals surface area contributed by atoms with Crippen molar-refractivity contribution in [2.24, 2.45) is 0 Å². The number of hydrogen-bond acceptors (Lipinski definition) is 1. The Bertz CT molecular complexity index is 370. The standard InChI is InChI=1S/C10H9BrF2O2/c1-2-6(10(14)15)9-7(12)3-5(11)4-8(9)13/h3-4,6H,2H2,1H3,(H,14,15). The quantitative estimate of drug-likeness (QED) is 0.921. The normalized spacial score (nSPS) is 12.5. The molecule has 1 aromatic carbocycles. The molecule has 0 spiro atoms. The Kier molecular flexibility index (Phi) is 3.79. The zero-order valence-corrected chi connectivity index (χ0v) is 9.51. The Labute approximate surface area is 94.0 Å². The van der Waals surface area contributed by atoms with Crippen LogP contribution < -0.4 is 0 Å². The van der Waals surface area contributed by atoms with Crippen LogP contribution in [0.5, 0.6) is 0 Å². The van der Waals surface area contributed by atoms with Crippen LogP contribution in [0.15, 0.2) is 16.6 Å². The van der Waals surface area contributed by atoms with E-state index in [9.17, 15) is 13.6 Å². The van der Waals surface area contributed by atoms with Crippen molar-refractivity contribution in [3.63, 3.8) is 0 Å². The number of carboxylic acids is 1. The molecule has 1 rings (SSSR count). The van der Waals surface area contributed by atoms with Crippen LogP contribution >= 0.6 is 15.9 Å². The summed E-state index contributed by atoms with van der Waals surface area (Å²) in [5, 5.41) is 8.80. The molecule has 82 valence electrons. The number of halogens is 3. The number of hydrogen-bond donors (Lipinski definition) is 1. The number of rotatable bonds is 3. The highest BCUT2D eigenvalue weighted by Gasteiger charge is 2.25. The van der Waals surface area contributed by atoms with Crippen LogP contribution in [0.1, 0.15) is 24.8 Å². The molecule has 1 N–H and O–H groups in total. The second-order valence-electron chi connectivity index (χ2n) is 3.08. The van der Waals surface area contributed by atoms with Crippen molar-refractivity contribution < 1.29 is 18.7 Å². The average Bonchev–Trinajstić information content (AvgIpc) is 2.09. The summed E-state index contributed by atoms with van der Waals surface area (Å²) in [5.41, 5.74) is -0.381. The van der Waals surface area contributed by atoms with E-state index in [2.05, 4.69) is 15.9 Å². The monoisotopic (exact) mass is 278 g/mol. The third-order valence-corrected chi connectivity index (χ3v) is 2.56. The third-order valence-electron chi connectivity index (χ3n) is 2.10. The second kappa shape index (κ2) is 4.70. The molecular weight excluding hydrogens is 270 g/mol. The van der Waals surface area contributed by atoms with E-state index in [0.29, 0.717) is 0 Å². The average molecular weight is 279 g/mol. The molecule has 0 aliphatic heterocycles. The van der Waals surface area contributed by atoms with Gasteiger partial charge in [-0.2, -0.15) is 0 Å². The SMILES string of the molecule is CCC(C(=O)O)c1c(F)cc(Br)cc1F. The first-order valence-electron chi connectivity index (χ1n) is 4.34. The molecule has 15 heavy (non-hydrogen) atoms.